The number of rotatable bonds is 2. The van der Waals surface area contributed by atoms with Crippen molar-refractivity contribution < 1.29 is 31.5 Å². The summed E-state index contributed by atoms with van der Waals surface area (Å²) in [6.07, 6.45) is -5.29. The number of methoxy groups -OCH3 is 1. The van der Waals surface area contributed by atoms with Gasteiger partial charge in [-0.2, -0.15) is 13.2 Å². The molecule has 2 nitrogen and oxygen atoms in total. The summed E-state index contributed by atoms with van der Waals surface area (Å²) >= 11 is 0. The summed E-state index contributed by atoms with van der Waals surface area (Å²) < 4.78 is 66.4. The highest BCUT2D eigenvalue weighted by atomic mass is 19.4. The molecule has 0 spiro atoms. The lowest BCUT2D eigenvalue weighted by Gasteiger charge is -2.11. The van der Waals surface area contributed by atoms with Crippen LogP contribution in [0.25, 0.3) is 0 Å². The highest BCUT2D eigenvalue weighted by molar-refractivity contribution is 6.02. The maximum atomic E-state index is 13.0. The molecule has 0 atom stereocenters. The summed E-state index contributed by atoms with van der Waals surface area (Å²) in [5.41, 5.74) is -1.45. The predicted octanol–water partition coefficient (Wildman–Crippen LogP) is 2.72. The molecular formula is C9H5F5O2. The molecule has 0 aromatic heterocycles. The Morgan fingerprint density at radius 3 is 2.12 bits per heavy atom. The van der Waals surface area contributed by atoms with Crippen LogP contribution in [0.4, 0.5) is 22.0 Å². The lowest BCUT2D eigenvalue weighted by atomic mass is 10.1. The Labute approximate surface area is 86.6 Å². The van der Waals surface area contributed by atoms with E-state index in [9.17, 15) is 26.7 Å². The summed E-state index contributed by atoms with van der Waals surface area (Å²) in [7, 11) is 0.838. The molecule has 7 heteroatoms. The molecule has 16 heavy (non-hydrogen) atoms. The number of halogens is 5. The number of hydrogen-bond donors (Lipinski definition) is 0. The largest absolute Gasteiger partial charge is 0.493 e. The second-order valence-electron chi connectivity index (χ2n) is 2.76. The molecule has 0 radical (unpaired) electrons. The molecule has 0 aliphatic rings. The van der Waals surface area contributed by atoms with E-state index < -0.39 is 34.9 Å². The Hall–Kier alpha value is -1.66. The maximum absolute atomic E-state index is 13.0. The Balaban J connectivity index is 3.43. The third-order valence-corrected chi connectivity index (χ3v) is 1.75. The number of benzene rings is 1. The summed E-state index contributed by atoms with van der Waals surface area (Å²) in [4.78, 5) is 10.8. The lowest BCUT2D eigenvalue weighted by molar-refractivity contribution is -0.0889. The fraction of sp³-hybridized carbons (Fsp3) is 0.222. The van der Waals surface area contributed by atoms with Crippen molar-refractivity contribution in [1.82, 2.24) is 0 Å². The molecule has 0 aliphatic carbocycles. The number of alkyl halides is 3. The molecule has 0 bridgehead atoms. The van der Waals surface area contributed by atoms with Crippen LogP contribution in [-0.2, 0) is 0 Å². The van der Waals surface area contributed by atoms with Crippen LogP contribution in [-0.4, -0.2) is 19.1 Å². The fourth-order valence-electron chi connectivity index (χ4n) is 1.09. The van der Waals surface area contributed by atoms with Crippen LogP contribution in [0, 0.1) is 11.6 Å². The number of hydrogen-bond acceptors (Lipinski definition) is 2. The van der Waals surface area contributed by atoms with Crippen molar-refractivity contribution in [3.05, 3.63) is 29.3 Å². The van der Waals surface area contributed by atoms with Crippen LogP contribution >= 0.6 is 0 Å². The summed E-state index contributed by atoms with van der Waals surface area (Å²) in [6, 6.07) is 0.998. The van der Waals surface area contributed by atoms with E-state index in [1.54, 1.807) is 0 Å². The Morgan fingerprint density at radius 1 is 1.19 bits per heavy atom. The van der Waals surface area contributed by atoms with Gasteiger partial charge in [0.1, 0.15) is 11.4 Å². The Morgan fingerprint density at radius 2 is 1.69 bits per heavy atom. The quantitative estimate of drug-likeness (QED) is 0.586. The molecule has 0 N–H and O–H groups in total. The smallest absolute Gasteiger partial charge is 0.455 e. The van der Waals surface area contributed by atoms with Gasteiger partial charge in [-0.3, -0.25) is 4.79 Å². The zero-order chi connectivity index (χ0) is 12.5. The molecule has 1 aromatic rings. The van der Waals surface area contributed by atoms with Gasteiger partial charge in [-0.05, 0) is 12.1 Å². The normalized spacial score (nSPS) is 11.4. The van der Waals surface area contributed by atoms with E-state index in [-0.39, 0.29) is 0 Å². The number of ether oxygens (including phenoxy) is 1. The molecule has 0 saturated heterocycles. The molecule has 0 saturated carbocycles. The van der Waals surface area contributed by atoms with E-state index in [0.717, 1.165) is 7.11 Å². The standard InChI is InChI=1S/C9H5F5O2/c1-16-7-5(11)3-2-4(10)6(7)8(15)9(12,13)14/h2-3H,1H3. The van der Waals surface area contributed by atoms with Gasteiger partial charge in [0.05, 0.1) is 7.11 Å². The molecule has 1 aromatic carbocycles. The van der Waals surface area contributed by atoms with E-state index in [4.69, 9.17) is 0 Å². The summed E-state index contributed by atoms with van der Waals surface area (Å²) in [5, 5.41) is 0. The van der Waals surface area contributed by atoms with Gasteiger partial charge in [-0.1, -0.05) is 0 Å². The third-order valence-electron chi connectivity index (χ3n) is 1.75. The van der Waals surface area contributed by atoms with Crippen LogP contribution in [0.5, 0.6) is 5.75 Å². The van der Waals surface area contributed by atoms with E-state index in [1.165, 1.54) is 0 Å². The minimum atomic E-state index is -5.29. The average Bonchev–Trinajstić information content (AvgIpc) is 2.18. The van der Waals surface area contributed by atoms with Crippen molar-refractivity contribution in [2.24, 2.45) is 0 Å². The van der Waals surface area contributed by atoms with Crippen LogP contribution in [0.1, 0.15) is 10.4 Å². The van der Waals surface area contributed by atoms with Crippen LogP contribution in [0.3, 0.4) is 0 Å². The minimum Gasteiger partial charge on any atom is -0.493 e. The van der Waals surface area contributed by atoms with Gasteiger partial charge in [-0.25, -0.2) is 8.78 Å². The first-order valence-electron chi connectivity index (χ1n) is 3.92. The number of carbonyl (C=O) groups is 1. The lowest BCUT2D eigenvalue weighted by Crippen LogP contribution is -2.24. The summed E-state index contributed by atoms with van der Waals surface area (Å²) in [6.45, 7) is 0. The SMILES string of the molecule is COc1c(F)ccc(F)c1C(=O)C(F)(F)F. The highest BCUT2D eigenvalue weighted by Crippen LogP contribution is 2.31. The van der Waals surface area contributed by atoms with Gasteiger partial charge in [-0.15, -0.1) is 0 Å². The van der Waals surface area contributed by atoms with E-state index in [0.29, 0.717) is 12.1 Å². The van der Waals surface area contributed by atoms with E-state index in [1.807, 2.05) is 0 Å². The summed E-state index contributed by atoms with van der Waals surface area (Å²) in [5.74, 6) is -6.26. The maximum Gasteiger partial charge on any atom is 0.455 e. The van der Waals surface area contributed by atoms with Gasteiger partial charge < -0.3 is 4.74 Å². The highest BCUT2D eigenvalue weighted by Gasteiger charge is 2.43. The van der Waals surface area contributed by atoms with Crippen LogP contribution in [0.2, 0.25) is 0 Å². The van der Waals surface area contributed by atoms with Crippen LogP contribution in [0.15, 0.2) is 12.1 Å². The molecular weight excluding hydrogens is 235 g/mol. The van der Waals surface area contributed by atoms with Crippen molar-refractivity contribution in [2.45, 2.75) is 6.18 Å². The Bertz CT molecular complexity index is 425. The molecule has 0 fully saturated rings. The minimum absolute atomic E-state index is 0.427. The Kier molecular flexibility index (Phi) is 3.16. The van der Waals surface area contributed by atoms with Gasteiger partial charge in [0, 0.05) is 0 Å². The van der Waals surface area contributed by atoms with Gasteiger partial charge in [0.15, 0.2) is 11.6 Å². The molecule has 0 amide bonds. The predicted molar refractivity (Wildman–Crippen MR) is 43.3 cm³/mol. The molecule has 1 rings (SSSR count). The van der Waals surface area contributed by atoms with E-state index >= 15 is 0 Å². The molecule has 88 valence electrons. The van der Waals surface area contributed by atoms with Crippen molar-refractivity contribution >= 4 is 5.78 Å². The first-order valence-corrected chi connectivity index (χ1v) is 3.92. The van der Waals surface area contributed by atoms with Crippen molar-refractivity contribution in [2.75, 3.05) is 7.11 Å². The zero-order valence-corrected chi connectivity index (χ0v) is 7.86. The van der Waals surface area contributed by atoms with Gasteiger partial charge in [0.25, 0.3) is 5.78 Å². The average molecular weight is 240 g/mol. The topological polar surface area (TPSA) is 26.3 Å². The molecule has 0 unspecified atom stereocenters. The number of Topliss-reactive ketones (excluding diaryl/α,β-unsaturated/α-hetero) is 1. The second-order valence-corrected chi connectivity index (χ2v) is 2.76. The first kappa shape index (κ1) is 12.4. The van der Waals surface area contributed by atoms with Crippen LogP contribution < -0.4 is 4.74 Å². The monoisotopic (exact) mass is 240 g/mol. The first-order chi connectivity index (χ1) is 7.29. The second kappa shape index (κ2) is 4.07. The number of carbonyl (C=O) groups excluding carboxylic acids is 1. The van der Waals surface area contributed by atoms with E-state index in [2.05, 4.69) is 4.74 Å². The third kappa shape index (κ3) is 2.12. The fourth-order valence-corrected chi connectivity index (χ4v) is 1.09. The zero-order valence-electron chi connectivity index (χ0n) is 7.86. The van der Waals surface area contributed by atoms with Crippen molar-refractivity contribution in [1.29, 1.82) is 0 Å². The van der Waals surface area contributed by atoms with Crippen molar-refractivity contribution in [3.63, 3.8) is 0 Å². The molecule has 0 aliphatic heterocycles. The molecule has 0 heterocycles. The van der Waals surface area contributed by atoms with Crippen molar-refractivity contribution in [3.8, 4) is 5.75 Å². The van der Waals surface area contributed by atoms with Gasteiger partial charge >= 0.3 is 6.18 Å². The number of ketones is 1. The van der Waals surface area contributed by atoms with Gasteiger partial charge in [0.2, 0.25) is 0 Å².